The molecule has 1 aliphatic heterocycles. The summed E-state index contributed by atoms with van der Waals surface area (Å²) < 4.78 is 11.9. The molecule has 1 saturated carbocycles. The zero-order valence-corrected chi connectivity index (χ0v) is 20.4. The number of carbonyl (C=O) groups excluding carboxylic acids is 1. The number of piperazine rings is 1. The predicted molar refractivity (Wildman–Crippen MR) is 136 cm³/mol. The Hall–Kier alpha value is -3.48. The van der Waals surface area contributed by atoms with Crippen LogP contribution in [-0.2, 0) is 17.6 Å². The van der Waals surface area contributed by atoms with E-state index in [9.17, 15) is 4.79 Å². The van der Waals surface area contributed by atoms with Crippen LogP contribution in [0.2, 0.25) is 0 Å². The average Bonchev–Trinajstić information content (AvgIpc) is 3.59. The Morgan fingerprint density at radius 1 is 1.09 bits per heavy atom. The molecule has 5 rings (SSSR count). The van der Waals surface area contributed by atoms with Gasteiger partial charge in [-0.15, -0.1) is 0 Å². The number of hydrogen-bond acceptors (Lipinski definition) is 5. The van der Waals surface area contributed by atoms with Crippen molar-refractivity contribution in [3.8, 4) is 11.5 Å². The number of methoxy groups -OCH3 is 1. The molecule has 1 atom stereocenters. The first-order valence-corrected chi connectivity index (χ1v) is 12.6. The lowest BCUT2D eigenvalue weighted by Gasteiger charge is -2.43. The topological polar surface area (TPSA) is 70.7 Å². The van der Waals surface area contributed by atoms with Crippen molar-refractivity contribution in [1.29, 1.82) is 0 Å². The summed E-state index contributed by atoms with van der Waals surface area (Å²) in [6.07, 6.45) is 9.47. The summed E-state index contributed by atoms with van der Waals surface area (Å²) >= 11 is 0. The maximum Gasteiger partial charge on any atom is 0.230 e. The van der Waals surface area contributed by atoms with Crippen molar-refractivity contribution < 1.29 is 14.3 Å². The zero-order valence-electron chi connectivity index (χ0n) is 20.4. The van der Waals surface area contributed by atoms with Gasteiger partial charge >= 0.3 is 0 Å². The van der Waals surface area contributed by atoms with Crippen molar-refractivity contribution in [2.75, 3.05) is 31.6 Å². The Labute approximate surface area is 207 Å². The Morgan fingerprint density at radius 3 is 2.66 bits per heavy atom. The standard InChI is InChI=1S/C28H34N4O3/c1-34-25-12-11-22(18-26(25)35-24-9-5-6-10-24)31-15-16-32(28(33)19-27-29-13-14-30-27)23(20-31)17-21-7-3-2-4-8-21/h2-4,7-8,11-14,18,23-24H,5-6,9-10,15-17,19-20H2,1H3,(H,29,30)/t23-/m0/s1. The fourth-order valence-electron chi connectivity index (χ4n) is 5.26. The Kier molecular flexibility index (Phi) is 7.21. The van der Waals surface area contributed by atoms with Crippen LogP contribution in [0.25, 0.3) is 0 Å². The van der Waals surface area contributed by atoms with Crippen LogP contribution in [0.4, 0.5) is 5.69 Å². The molecule has 1 saturated heterocycles. The number of aromatic nitrogens is 2. The number of carbonyl (C=O) groups is 1. The van der Waals surface area contributed by atoms with Crippen LogP contribution < -0.4 is 14.4 Å². The fraction of sp³-hybridized carbons (Fsp3) is 0.429. The quantitative estimate of drug-likeness (QED) is 0.529. The number of imidazole rings is 1. The van der Waals surface area contributed by atoms with Gasteiger partial charge in [-0.3, -0.25) is 4.79 Å². The molecule has 184 valence electrons. The monoisotopic (exact) mass is 474 g/mol. The van der Waals surface area contributed by atoms with Crippen molar-refractivity contribution in [1.82, 2.24) is 14.9 Å². The molecule has 1 aliphatic carbocycles. The molecular weight excluding hydrogens is 440 g/mol. The lowest BCUT2D eigenvalue weighted by atomic mass is 10.0. The van der Waals surface area contributed by atoms with E-state index in [0.717, 1.165) is 49.5 Å². The lowest BCUT2D eigenvalue weighted by molar-refractivity contribution is -0.133. The Bertz CT molecular complexity index is 1100. The first-order chi connectivity index (χ1) is 17.2. The van der Waals surface area contributed by atoms with Gasteiger partial charge in [0.05, 0.1) is 25.7 Å². The Balaban J connectivity index is 1.35. The van der Waals surface area contributed by atoms with E-state index >= 15 is 0 Å². The van der Waals surface area contributed by atoms with E-state index in [1.54, 1.807) is 19.5 Å². The molecule has 1 aromatic heterocycles. The number of hydrogen-bond donors (Lipinski definition) is 1. The van der Waals surface area contributed by atoms with Gasteiger partial charge in [0.1, 0.15) is 5.82 Å². The number of nitrogens with one attached hydrogen (secondary N) is 1. The minimum Gasteiger partial charge on any atom is -0.493 e. The highest BCUT2D eigenvalue weighted by Gasteiger charge is 2.31. The van der Waals surface area contributed by atoms with E-state index in [1.165, 1.54) is 18.4 Å². The van der Waals surface area contributed by atoms with Crippen molar-refractivity contribution in [3.63, 3.8) is 0 Å². The summed E-state index contributed by atoms with van der Waals surface area (Å²) in [6.45, 7) is 2.19. The molecule has 3 aromatic rings. The first kappa shape index (κ1) is 23.3. The maximum atomic E-state index is 13.3. The molecule has 7 nitrogen and oxygen atoms in total. The second-order valence-corrected chi connectivity index (χ2v) is 9.45. The number of benzene rings is 2. The van der Waals surface area contributed by atoms with E-state index in [2.05, 4.69) is 51.3 Å². The SMILES string of the molecule is COc1ccc(N2CCN(C(=O)Cc3ncc[nH]3)[C@@H](Cc3ccccc3)C2)cc1OC1CCCC1. The van der Waals surface area contributed by atoms with E-state index in [-0.39, 0.29) is 18.1 Å². The normalized spacial score (nSPS) is 18.6. The number of aromatic amines is 1. The third kappa shape index (κ3) is 5.61. The number of amides is 1. The molecule has 2 aromatic carbocycles. The third-order valence-corrected chi connectivity index (χ3v) is 7.10. The molecule has 2 aliphatic rings. The smallest absolute Gasteiger partial charge is 0.230 e. The molecule has 7 heteroatoms. The predicted octanol–water partition coefficient (Wildman–Crippen LogP) is 4.24. The van der Waals surface area contributed by atoms with Crippen molar-refractivity contribution in [2.24, 2.45) is 0 Å². The number of anilines is 1. The summed E-state index contributed by atoms with van der Waals surface area (Å²) in [5.41, 5.74) is 2.34. The van der Waals surface area contributed by atoms with Gasteiger partial charge in [0.25, 0.3) is 0 Å². The minimum atomic E-state index is 0.0647. The van der Waals surface area contributed by atoms with Crippen molar-refractivity contribution >= 4 is 11.6 Å². The highest BCUT2D eigenvalue weighted by molar-refractivity contribution is 5.79. The molecule has 1 N–H and O–H groups in total. The summed E-state index contributed by atoms with van der Waals surface area (Å²) in [5.74, 6) is 2.40. The van der Waals surface area contributed by atoms with Crippen molar-refractivity contribution in [3.05, 3.63) is 72.3 Å². The second kappa shape index (κ2) is 10.8. The first-order valence-electron chi connectivity index (χ1n) is 12.6. The van der Waals surface area contributed by atoms with Crippen LogP contribution in [0.3, 0.4) is 0 Å². The molecule has 0 radical (unpaired) electrons. The highest BCUT2D eigenvalue weighted by atomic mass is 16.5. The van der Waals surface area contributed by atoms with Crippen LogP contribution in [-0.4, -0.2) is 59.7 Å². The second-order valence-electron chi connectivity index (χ2n) is 9.45. The van der Waals surface area contributed by atoms with Crippen LogP contribution in [0.5, 0.6) is 11.5 Å². The highest BCUT2D eigenvalue weighted by Crippen LogP contribution is 2.35. The van der Waals surface area contributed by atoms with E-state index in [4.69, 9.17) is 9.47 Å². The lowest BCUT2D eigenvalue weighted by Crippen LogP contribution is -2.56. The summed E-state index contributed by atoms with van der Waals surface area (Å²) in [4.78, 5) is 25.0. The van der Waals surface area contributed by atoms with Crippen LogP contribution >= 0.6 is 0 Å². The molecule has 2 heterocycles. The van der Waals surface area contributed by atoms with Crippen molar-refractivity contribution in [2.45, 2.75) is 50.7 Å². The van der Waals surface area contributed by atoms with Gasteiger partial charge in [0, 0.05) is 43.8 Å². The fourth-order valence-corrected chi connectivity index (χ4v) is 5.26. The average molecular weight is 475 g/mol. The van der Waals surface area contributed by atoms with E-state index < -0.39 is 0 Å². The minimum absolute atomic E-state index is 0.0647. The molecular formula is C28H34N4O3. The molecule has 0 bridgehead atoms. The molecule has 2 fully saturated rings. The summed E-state index contributed by atoms with van der Waals surface area (Å²) in [6, 6.07) is 16.7. The molecule has 35 heavy (non-hydrogen) atoms. The van der Waals surface area contributed by atoms with Gasteiger partial charge < -0.3 is 24.3 Å². The van der Waals surface area contributed by atoms with Crippen LogP contribution in [0, 0.1) is 0 Å². The zero-order chi connectivity index (χ0) is 24.0. The number of nitrogens with zero attached hydrogens (tertiary/aromatic N) is 3. The van der Waals surface area contributed by atoms with Gasteiger partial charge in [-0.25, -0.2) is 4.98 Å². The van der Waals surface area contributed by atoms with Gasteiger partial charge in [-0.1, -0.05) is 30.3 Å². The molecule has 0 unspecified atom stereocenters. The van der Waals surface area contributed by atoms with Crippen LogP contribution in [0.15, 0.2) is 60.9 Å². The number of H-pyrrole nitrogens is 1. The maximum absolute atomic E-state index is 13.3. The molecule has 0 spiro atoms. The van der Waals surface area contributed by atoms with E-state index in [1.807, 2.05) is 17.0 Å². The largest absolute Gasteiger partial charge is 0.493 e. The van der Waals surface area contributed by atoms with E-state index in [0.29, 0.717) is 18.8 Å². The van der Waals surface area contributed by atoms with Gasteiger partial charge in [-0.05, 0) is 49.8 Å². The number of rotatable bonds is 8. The van der Waals surface area contributed by atoms with Crippen LogP contribution in [0.1, 0.15) is 37.1 Å². The Morgan fingerprint density at radius 2 is 1.91 bits per heavy atom. The van der Waals surface area contributed by atoms with Gasteiger partial charge in [0.2, 0.25) is 5.91 Å². The summed E-state index contributed by atoms with van der Waals surface area (Å²) in [5, 5.41) is 0. The van der Waals surface area contributed by atoms with Gasteiger partial charge in [0.15, 0.2) is 11.5 Å². The number of ether oxygens (including phenoxy) is 2. The molecule has 1 amide bonds. The van der Waals surface area contributed by atoms with Gasteiger partial charge in [-0.2, -0.15) is 0 Å². The summed E-state index contributed by atoms with van der Waals surface area (Å²) in [7, 11) is 1.69. The third-order valence-electron chi connectivity index (χ3n) is 7.10.